The molecule has 0 aliphatic rings. The van der Waals surface area contributed by atoms with Gasteiger partial charge >= 0.3 is 0 Å². The first-order valence-corrected chi connectivity index (χ1v) is 6.76. The average molecular weight is 324 g/mol. The van der Waals surface area contributed by atoms with Crippen molar-refractivity contribution in [3.63, 3.8) is 0 Å². The molecule has 2 aromatic carbocycles. The molecule has 2 aromatic rings. The fourth-order valence-corrected chi connectivity index (χ4v) is 2.24. The Labute approximate surface area is 120 Å². The summed E-state index contributed by atoms with van der Waals surface area (Å²) in [5.74, 6) is 1.05. The van der Waals surface area contributed by atoms with Crippen LogP contribution in [0.15, 0.2) is 40.9 Å². The topological polar surface area (TPSA) is 21.3 Å². The first-order valence-electron chi connectivity index (χ1n) is 5.97. The molecule has 100 valence electrons. The summed E-state index contributed by atoms with van der Waals surface area (Å²) in [6, 6.07) is 10.3. The summed E-state index contributed by atoms with van der Waals surface area (Å²) in [5.41, 5.74) is 2.39. The number of benzene rings is 2. The third kappa shape index (κ3) is 3.55. The van der Waals surface area contributed by atoms with Gasteiger partial charge in [-0.2, -0.15) is 0 Å². The maximum atomic E-state index is 13.0. The van der Waals surface area contributed by atoms with E-state index in [9.17, 15) is 4.39 Å². The minimum Gasteiger partial charge on any atom is -0.456 e. The minimum atomic E-state index is -0.292. The standard InChI is InChI=1S/C15H15BrFNO/c1-10-7-13(5-3-11(10)9-18-2)19-15-6-4-12(17)8-14(15)16/h3-8,18H,9H2,1-2H3. The van der Waals surface area contributed by atoms with Crippen LogP contribution in [0.3, 0.4) is 0 Å². The van der Waals surface area contributed by atoms with Gasteiger partial charge in [0, 0.05) is 6.54 Å². The zero-order valence-electron chi connectivity index (χ0n) is 10.8. The van der Waals surface area contributed by atoms with Crippen LogP contribution >= 0.6 is 15.9 Å². The Bertz CT molecular complexity index is 586. The highest BCUT2D eigenvalue weighted by Gasteiger charge is 2.05. The highest BCUT2D eigenvalue weighted by atomic mass is 79.9. The van der Waals surface area contributed by atoms with Gasteiger partial charge in [-0.25, -0.2) is 4.39 Å². The average Bonchev–Trinajstić information content (AvgIpc) is 2.36. The predicted octanol–water partition coefficient (Wildman–Crippen LogP) is 4.41. The molecule has 0 saturated heterocycles. The second-order valence-electron chi connectivity index (χ2n) is 4.30. The fraction of sp³-hybridized carbons (Fsp3) is 0.200. The van der Waals surface area contributed by atoms with Gasteiger partial charge in [-0.3, -0.25) is 0 Å². The predicted molar refractivity (Wildman–Crippen MR) is 78.1 cm³/mol. The largest absolute Gasteiger partial charge is 0.456 e. The van der Waals surface area contributed by atoms with E-state index in [4.69, 9.17) is 4.74 Å². The van der Waals surface area contributed by atoms with Crippen LogP contribution in [0.5, 0.6) is 11.5 Å². The molecule has 0 spiro atoms. The Kier molecular flexibility index (Phi) is 4.56. The van der Waals surface area contributed by atoms with Crippen LogP contribution in [-0.2, 0) is 6.54 Å². The number of ether oxygens (including phenoxy) is 1. The van der Waals surface area contributed by atoms with Crippen molar-refractivity contribution in [3.8, 4) is 11.5 Å². The molecule has 0 aliphatic carbocycles. The van der Waals surface area contributed by atoms with E-state index in [1.165, 1.54) is 17.7 Å². The number of hydrogen-bond acceptors (Lipinski definition) is 2. The van der Waals surface area contributed by atoms with Crippen LogP contribution < -0.4 is 10.1 Å². The fourth-order valence-electron chi connectivity index (χ4n) is 1.81. The molecule has 0 bridgehead atoms. The highest BCUT2D eigenvalue weighted by Crippen LogP contribution is 2.31. The van der Waals surface area contributed by atoms with Gasteiger partial charge in [0.25, 0.3) is 0 Å². The molecule has 0 heterocycles. The van der Waals surface area contributed by atoms with E-state index in [-0.39, 0.29) is 5.82 Å². The van der Waals surface area contributed by atoms with Gasteiger partial charge in [-0.15, -0.1) is 0 Å². The Balaban J connectivity index is 2.21. The third-order valence-corrected chi connectivity index (χ3v) is 3.42. The summed E-state index contributed by atoms with van der Waals surface area (Å²) in [6.07, 6.45) is 0. The molecular formula is C15H15BrFNO. The number of hydrogen-bond donors (Lipinski definition) is 1. The zero-order chi connectivity index (χ0) is 13.8. The first kappa shape index (κ1) is 14.0. The van der Waals surface area contributed by atoms with Gasteiger partial charge in [-0.1, -0.05) is 6.07 Å². The van der Waals surface area contributed by atoms with Gasteiger partial charge in [0.05, 0.1) is 4.47 Å². The summed E-state index contributed by atoms with van der Waals surface area (Å²) in [7, 11) is 1.92. The summed E-state index contributed by atoms with van der Waals surface area (Å²) in [6.45, 7) is 2.87. The Hall–Kier alpha value is -1.39. The van der Waals surface area contributed by atoms with E-state index in [2.05, 4.69) is 21.2 Å². The molecule has 0 aliphatic heterocycles. The van der Waals surface area contributed by atoms with Crippen LogP contribution in [0.1, 0.15) is 11.1 Å². The summed E-state index contributed by atoms with van der Waals surface area (Å²) in [4.78, 5) is 0. The SMILES string of the molecule is CNCc1ccc(Oc2ccc(F)cc2Br)cc1C. The molecule has 0 fully saturated rings. The van der Waals surface area contributed by atoms with Crippen molar-refractivity contribution < 1.29 is 9.13 Å². The van der Waals surface area contributed by atoms with E-state index >= 15 is 0 Å². The molecule has 4 heteroatoms. The van der Waals surface area contributed by atoms with E-state index in [1.807, 2.05) is 32.2 Å². The zero-order valence-corrected chi connectivity index (χ0v) is 12.4. The summed E-state index contributed by atoms with van der Waals surface area (Å²) in [5, 5.41) is 3.12. The van der Waals surface area contributed by atoms with Crippen molar-refractivity contribution in [1.82, 2.24) is 5.32 Å². The molecule has 0 amide bonds. The number of rotatable bonds is 4. The van der Waals surface area contributed by atoms with E-state index < -0.39 is 0 Å². The minimum absolute atomic E-state index is 0.292. The van der Waals surface area contributed by atoms with E-state index in [0.29, 0.717) is 10.2 Å². The molecular weight excluding hydrogens is 309 g/mol. The van der Waals surface area contributed by atoms with Crippen molar-refractivity contribution >= 4 is 15.9 Å². The molecule has 0 aromatic heterocycles. The van der Waals surface area contributed by atoms with Gasteiger partial charge in [0.1, 0.15) is 17.3 Å². The second kappa shape index (κ2) is 6.17. The van der Waals surface area contributed by atoms with E-state index in [0.717, 1.165) is 17.9 Å². The van der Waals surface area contributed by atoms with Gasteiger partial charge < -0.3 is 10.1 Å². The lowest BCUT2D eigenvalue weighted by molar-refractivity contribution is 0.476. The third-order valence-electron chi connectivity index (χ3n) is 2.80. The maximum absolute atomic E-state index is 13.0. The molecule has 0 saturated carbocycles. The van der Waals surface area contributed by atoms with Gasteiger partial charge in [0.2, 0.25) is 0 Å². The van der Waals surface area contributed by atoms with Gasteiger partial charge in [0.15, 0.2) is 0 Å². The van der Waals surface area contributed by atoms with Crippen LogP contribution in [0.2, 0.25) is 0 Å². The molecule has 2 nitrogen and oxygen atoms in total. The Morgan fingerprint density at radius 1 is 1.21 bits per heavy atom. The number of aryl methyl sites for hydroxylation is 1. The lowest BCUT2D eigenvalue weighted by Gasteiger charge is -2.11. The van der Waals surface area contributed by atoms with Crippen molar-refractivity contribution in [3.05, 3.63) is 57.8 Å². The van der Waals surface area contributed by atoms with Crippen molar-refractivity contribution in [1.29, 1.82) is 0 Å². The smallest absolute Gasteiger partial charge is 0.141 e. The lowest BCUT2D eigenvalue weighted by Crippen LogP contribution is -2.06. The Morgan fingerprint density at radius 2 is 2.00 bits per heavy atom. The Morgan fingerprint density at radius 3 is 2.63 bits per heavy atom. The molecule has 0 atom stereocenters. The first-order chi connectivity index (χ1) is 9.10. The van der Waals surface area contributed by atoms with Crippen LogP contribution in [0, 0.1) is 12.7 Å². The van der Waals surface area contributed by atoms with Crippen molar-refractivity contribution in [2.45, 2.75) is 13.5 Å². The molecule has 0 unspecified atom stereocenters. The van der Waals surface area contributed by atoms with E-state index in [1.54, 1.807) is 6.07 Å². The second-order valence-corrected chi connectivity index (χ2v) is 5.15. The van der Waals surface area contributed by atoms with Crippen LogP contribution in [-0.4, -0.2) is 7.05 Å². The van der Waals surface area contributed by atoms with Gasteiger partial charge in [-0.05, 0) is 71.4 Å². The van der Waals surface area contributed by atoms with Crippen LogP contribution in [0.25, 0.3) is 0 Å². The lowest BCUT2D eigenvalue weighted by atomic mass is 10.1. The van der Waals surface area contributed by atoms with Crippen molar-refractivity contribution in [2.75, 3.05) is 7.05 Å². The normalized spacial score (nSPS) is 10.5. The quantitative estimate of drug-likeness (QED) is 0.899. The summed E-state index contributed by atoms with van der Waals surface area (Å²) >= 11 is 3.29. The van der Waals surface area contributed by atoms with Crippen molar-refractivity contribution in [2.24, 2.45) is 0 Å². The summed E-state index contributed by atoms with van der Waals surface area (Å²) < 4.78 is 19.3. The number of halogens is 2. The van der Waals surface area contributed by atoms with Crippen LogP contribution in [0.4, 0.5) is 4.39 Å². The molecule has 1 N–H and O–H groups in total. The highest BCUT2D eigenvalue weighted by molar-refractivity contribution is 9.10. The number of nitrogens with one attached hydrogen (secondary N) is 1. The molecule has 2 rings (SSSR count). The molecule has 19 heavy (non-hydrogen) atoms. The monoisotopic (exact) mass is 323 g/mol. The molecule has 0 radical (unpaired) electrons. The maximum Gasteiger partial charge on any atom is 0.141 e.